The molecule has 5 nitrogen and oxygen atoms in total. The van der Waals surface area contributed by atoms with Crippen LogP contribution in [0, 0.1) is 20.8 Å². The summed E-state index contributed by atoms with van der Waals surface area (Å²) in [6.45, 7) is 5.34. The van der Waals surface area contributed by atoms with Gasteiger partial charge in [0.15, 0.2) is 0 Å². The first-order chi connectivity index (χ1) is 10.8. The predicted octanol–water partition coefficient (Wildman–Crippen LogP) is 2.90. The van der Waals surface area contributed by atoms with Crippen LogP contribution in [0.3, 0.4) is 0 Å². The lowest BCUT2D eigenvalue weighted by Crippen LogP contribution is -2.26. The molecule has 0 amide bonds. The lowest BCUT2D eigenvalue weighted by atomic mass is 10.1. The first kappa shape index (κ1) is 16.8. The Hall–Kier alpha value is -2.56. The van der Waals surface area contributed by atoms with Gasteiger partial charge in [-0.2, -0.15) is 0 Å². The number of nitrogens with zero attached hydrogens (tertiary/aromatic N) is 2. The summed E-state index contributed by atoms with van der Waals surface area (Å²) in [4.78, 5) is 15.1. The van der Waals surface area contributed by atoms with Gasteiger partial charge in [-0.3, -0.25) is 4.79 Å². The normalized spacial score (nSPS) is 10.9. The largest absolute Gasteiger partial charge is 0.456 e. The Morgan fingerprint density at radius 1 is 0.957 bits per heavy atom. The molecule has 0 aliphatic rings. The molecule has 0 saturated carbocycles. The number of hydrogen-bond acceptors (Lipinski definition) is 3. The molecular formula is C17H16N2O3S. The smallest absolute Gasteiger partial charge is 0.360 e. The number of rotatable bonds is 3. The molecule has 0 radical (unpaired) electrons. The zero-order valence-corrected chi connectivity index (χ0v) is 13.9. The zero-order valence-electron chi connectivity index (χ0n) is 13.1. The van der Waals surface area contributed by atoms with Crippen LogP contribution in [-0.4, -0.2) is 24.0 Å². The second kappa shape index (κ2) is 6.28. The highest BCUT2D eigenvalue weighted by Gasteiger charge is 2.39. The maximum Gasteiger partial charge on any atom is 0.456 e. The second-order valence-corrected chi connectivity index (χ2v) is 7.07. The molecule has 0 aliphatic carbocycles. The topological polar surface area (TPSA) is 87.6 Å². The maximum atomic E-state index is 12.8. The van der Waals surface area contributed by atoms with Crippen molar-refractivity contribution in [2.24, 2.45) is 0 Å². The van der Waals surface area contributed by atoms with Gasteiger partial charge in [0.25, 0.3) is 15.6 Å². The molecule has 0 bridgehead atoms. The summed E-state index contributed by atoms with van der Waals surface area (Å²) >= 11 is 0. The van der Waals surface area contributed by atoms with Crippen molar-refractivity contribution < 1.29 is 18.0 Å². The number of ketones is 1. The van der Waals surface area contributed by atoms with E-state index in [0.717, 1.165) is 11.1 Å². The minimum absolute atomic E-state index is 0.0299. The summed E-state index contributed by atoms with van der Waals surface area (Å²) in [7, 11) is -4.22. The fraction of sp³-hybridized carbons (Fsp3) is 0.176. The van der Waals surface area contributed by atoms with Crippen molar-refractivity contribution in [1.82, 2.24) is 0 Å². The summed E-state index contributed by atoms with van der Waals surface area (Å²) in [5.41, 5.74) is 11.6. The Balaban J connectivity index is 2.61. The molecule has 0 fully saturated rings. The van der Waals surface area contributed by atoms with E-state index in [0.29, 0.717) is 5.56 Å². The van der Waals surface area contributed by atoms with E-state index in [2.05, 4.69) is 4.79 Å². The van der Waals surface area contributed by atoms with E-state index in [1.54, 1.807) is 38.1 Å². The molecule has 6 heteroatoms. The lowest BCUT2D eigenvalue weighted by molar-refractivity contribution is -0.00158. The number of aryl methyl sites for hydroxylation is 1. The minimum atomic E-state index is -4.22. The summed E-state index contributed by atoms with van der Waals surface area (Å²) in [5, 5.41) is -0.880. The zero-order chi connectivity index (χ0) is 17.2. The summed E-state index contributed by atoms with van der Waals surface area (Å²) < 4.78 is 25.5. The van der Waals surface area contributed by atoms with E-state index >= 15 is 0 Å². The number of benzene rings is 2. The number of carbonyl (C=O) groups excluding carboxylic acids is 1. The quantitative estimate of drug-likeness (QED) is 0.285. The molecule has 0 aromatic heterocycles. The van der Waals surface area contributed by atoms with E-state index in [9.17, 15) is 13.2 Å². The maximum absolute atomic E-state index is 12.8. The summed E-state index contributed by atoms with van der Waals surface area (Å²) in [6, 6.07) is 10.9. The van der Waals surface area contributed by atoms with Crippen LogP contribution in [-0.2, 0) is 9.84 Å². The third-order valence-corrected chi connectivity index (χ3v) is 5.67. The Labute approximate surface area is 135 Å². The number of carbonyl (C=O) groups is 1. The molecular weight excluding hydrogens is 312 g/mol. The molecule has 0 unspecified atom stereocenters. The van der Waals surface area contributed by atoms with Crippen LogP contribution >= 0.6 is 0 Å². The molecule has 0 aliphatic heterocycles. The van der Waals surface area contributed by atoms with E-state index in [1.165, 1.54) is 18.2 Å². The fourth-order valence-electron chi connectivity index (χ4n) is 2.26. The minimum Gasteiger partial charge on any atom is -0.360 e. The molecule has 23 heavy (non-hydrogen) atoms. The molecule has 118 valence electrons. The highest BCUT2D eigenvalue weighted by molar-refractivity contribution is 8.08. The third kappa shape index (κ3) is 2.99. The van der Waals surface area contributed by atoms with Crippen LogP contribution in [0.25, 0.3) is 5.53 Å². The van der Waals surface area contributed by atoms with Gasteiger partial charge in [0.2, 0.25) is 0 Å². The fourth-order valence-corrected chi connectivity index (χ4v) is 3.74. The lowest BCUT2D eigenvalue weighted by Gasteiger charge is -2.09. The Morgan fingerprint density at radius 3 is 2.13 bits per heavy atom. The van der Waals surface area contributed by atoms with Gasteiger partial charge in [-0.05, 0) is 43.5 Å². The van der Waals surface area contributed by atoms with Crippen LogP contribution in [0.5, 0.6) is 0 Å². The third-order valence-electron chi connectivity index (χ3n) is 3.87. The van der Waals surface area contributed by atoms with Crippen molar-refractivity contribution in [3.63, 3.8) is 0 Å². The molecule has 2 rings (SSSR count). The standard InChI is InChI=1S/C17H16N2O3S/c1-11-9-10-15(13(3)12(11)2)23(21,22)17(19-18)16(20)14-7-5-4-6-8-14/h4-10H,1-3H3. The molecule has 2 aromatic carbocycles. The molecule has 0 spiro atoms. The number of Topliss-reactive ketones (excluding diaryl/α,β-unsaturated/α-hetero) is 1. The Morgan fingerprint density at radius 2 is 1.57 bits per heavy atom. The number of sulfone groups is 1. The molecule has 0 atom stereocenters. The highest BCUT2D eigenvalue weighted by Crippen LogP contribution is 2.23. The van der Waals surface area contributed by atoms with Crippen molar-refractivity contribution in [2.45, 2.75) is 25.7 Å². The molecule has 0 N–H and O–H groups in total. The SMILES string of the molecule is Cc1ccc(S(=O)(=O)C(=[N+]=[N-])C(=O)c2ccccc2)c(C)c1C. The van der Waals surface area contributed by atoms with Crippen LogP contribution < -0.4 is 0 Å². The second-order valence-electron chi connectivity index (χ2n) is 5.23. The van der Waals surface area contributed by atoms with Crippen LogP contribution in [0.15, 0.2) is 47.4 Å². The average Bonchev–Trinajstić information content (AvgIpc) is 2.53. The first-order valence-corrected chi connectivity index (χ1v) is 8.42. The average molecular weight is 328 g/mol. The predicted molar refractivity (Wildman–Crippen MR) is 87.2 cm³/mol. The van der Waals surface area contributed by atoms with Gasteiger partial charge in [0.1, 0.15) is 0 Å². The van der Waals surface area contributed by atoms with Gasteiger partial charge in [0, 0.05) is 5.56 Å². The van der Waals surface area contributed by atoms with Crippen LogP contribution in [0.2, 0.25) is 0 Å². The Bertz CT molecular complexity index is 926. The van der Waals surface area contributed by atoms with Gasteiger partial charge in [0.05, 0.1) is 4.90 Å². The Kier molecular flexibility index (Phi) is 4.59. The van der Waals surface area contributed by atoms with E-state index in [-0.39, 0.29) is 10.5 Å². The van der Waals surface area contributed by atoms with Gasteiger partial charge in [-0.15, -0.1) is 4.79 Å². The van der Waals surface area contributed by atoms with Gasteiger partial charge in [-0.1, -0.05) is 36.4 Å². The highest BCUT2D eigenvalue weighted by atomic mass is 32.2. The monoisotopic (exact) mass is 328 g/mol. The van der Waals surface area contributed by atoms with Crippen molar-refractivity contribution in [1.29, 1.82) is 0 Å². The molecule has 0 heterocycles. The van der Waals surface area contributed by atoms with E-state index < -0.39 is 20.7 Å². The summed E-state index contributed by atoms with van der Waals surface area (Å²) in [5.74, 6) is -0.842. The number of hydrogen-bond donors (Lipinski definition) is 0. The van der Waals surface area contributed by atoms with E-state index in [4.69, 9.17) is 5.53 Å². The van der Waals surface area contributed by atoms with Gasteiger partial charge < -0.3 is 5.53 Å². The summed E-state index contributed by atoms with van der Waals surface area (Å²) in [6.07, 6.45) is 0. The van der Waals surface area contributed by atoms with Crippen molar-refractivity contribution in [3.8, 4) is 0 Å². The molecule has 0 saturated heterocycles. The van der Waals surface area contributed by atoms with Crippen molar-refractivity contribution in [3.05, 3.63) is 70.2 Å². The van der Waals surface area contributed by atoms with Crippen LogP contribution in [0.4, 0.5) is 0 Å². The van der Waals surface area contributed by atoms with Crippen molar-refractivity contribution >= 4 is 20.7 Å². The molecule has 2 aromatic rings. The van der Waals surface area contributed by atoms with Gasteiger partial charge in [-0.25, -0.2) is 8.42 Å². The van der Waals surface area contributed by atoms with Gasteiger partial charge >= 0.3 is 5.04 Å². The van der Waals surface area contributed by atoms with Crippen molar-refractivity contribution in [2.75, 3.05) is 0 Å². The van der Waals surface area contributed by atoms with E-state index in [1.807, 2.05) is 6.92 Å². The first-order valence-electron chi connectivity index (χ1n) is 6.94. The van der Waals surface area contributed by atoms with Crippen LogP contribution in [0.1, 0.15) is 27.0 Å².